The molecule has 1 fully saturated rings. The van der Waals surface area contributed by atoms with Gasteiger partial charge in [-0.05, 0) is 6.92 Å². The molecule has 0 saturated carbocycles. The van der Waals surface area contributed by atoms with Gasteiger partial charge in [-0.15, -0.1) is 0 Å². The number of aliphatic hydroxyl groups is 2. The van der Waals surface area contributed by atoms with E-state index < -0.39 is 30.4 Å². The highest BCUT2D eigenvalue weighted by Gasteiger charge is 2.47. The molecule has 1 unspecified atom stereocenters. The van der Waals surface area contributed by atoms with Crippen LogP contribution in [0.1, 0.15) is 17.7 Å². The lowest BCUT2D eigenvalue weighted by Gasteiger charge is -2.16. The van der Waals surface area contributed by atoms with Gasteiger partial charge in [0, 0.05) is 6.07 Å². The number of aromatic amines is 1. The molecule has 32 heavy (non-hydrogen) atoms. The summed E-state index contributed by atoms with van der Waals surface area (Å²) in [4.78, 5) is 24.8. The van der Waals surface area contributed by atoms with E-state index in [1.54, 1.807) is 13.0 Å². The van der Waals surface area contributed by atoms with Crippen molar-refractivity contribution in [3.63, 3.8) is 0 Å². The monoisotopic (exact) mass is 442 g/mol. The van der Waals surface area contributed by atoms with Crippen LogP contribution in [-0.2, 0) is 16.1 Å². The van der Waals surface area contributed by atoms with Gasteiger partial charge in [0.25, 0.3) is 0 Å². The summed E-state index contributed by atoms with van der Waals surface area (Å²) in [5.74, 6) is 0.244. The highest BCUT2D eigenvalue weighted by Crippen LogP contribution is 2.33. The molecule has 4 aromatic heterocycles. The van der Waals surface area contributed by atoms with E-state index in [0.717, 1.165) is 5.69 Å². The van der Waals surface area contributed by atoms with Crippen LogP contribution in [0.15, 0.2) is 23.1 Å². The minimum absolute atomic E-state index is 0.212. The van der Waals surface area contributed by atoms with Gasteiger partial charge in [-0.1, -0.05) is 5.16 Å². The molecule has 0 aliphatic carbocycles. The van der Waals surface area contributed by atoms with Crippen molar-refractivity contribution in [3.8, 4) is 11.5 Å². The molecule has 0 aromatic carbocycles. The van der Waals surface area contributed by atoms with Gasteiger partial charge in [-0.25, -0.2) is 15.0 Å². The fourth-order valence-electron chi connectivity index (χ4n) is 3.44. The first-order valence-corrected chi connectivity index (χ1v) is 9.50. The lowest BCUT2D eigenvalue weighted by atomic mass is 10.1. The normalized spacial score (nSPS) is 23.1. The summed E-state index contributed by atoms with van der Waals surface area (Å²) in [5.41, 5.74) is 6.96. The average Bonchev–Trinajstić information content (AvgIpc) is 3.55. The summed E-state index contributed by atoms with van der Waals surface area (Å²) in [6.07, 6.45) is -2.67. The molecule has 0 bridgehead atoms. The third-order valence-corrected chi connectivity index (χ3v) is 4.97. The largest absolute Gasteiger partial charge is 0.387 e. The molecule has 1 aliphatic heterocycles. The molecule has 1 amide bonds. The predicted molar refractivity (Wildman–Crippen MR) is 104 cm³/mol. The summed E-state index contributed by atoms with van der Waals surface area (Å²) >= 11 is 0. The smallest absolute Gasteiger partial charge is 0.249 e. The van der Waals surface area contributed by atoms with Crippen LogP contribution in [0.4, 0.5) is 5.82 Å². The lowest BCUT2D eigenvalue weighted by molar-refractivity contribution is -0.134. The number of hydrogen-bond acceptors (Lipinski definition) is 12. The zero-order valence-electron chi connectivity index (χ0n) is 16.6. The van der Waals surface area contributed by atoms with Crippen LogP contribution in [0.5, 0.6) is 0 Å². The first kappa shape index (κ1) is 20.0. The number of rotatable bonds is 6. The maximum absolute atomic E-state index is 11.6. The van der Waals surface area contributed by atoms with Crippen LogP contribution in [0.25, 0.3) is 22.7 Å². The first-order chi connectivity index (χ1) is 15.4. The van der Waals surface area contributed by atoms with Crippen molar-refractivity contribution in [1.29, 1.82) is 0 Å². The van der Waals surface area contributed by atoms with Gasteiger partial charge in [0.05, 0.1) is 24.8 Å². The topological polar surface area (TPSA) is 216 Å². The number of H-pyrrole nitrogens is 1. The van der Waals surface area contributed by atoms with Crippen molar-refractivity contribution in [3.05, 3.63) is 30.0 Å². The average molecular weight is 442 g/mol. The third-order valence-electron chi connectivity index (χ3n) is 4.97. The van der Waals surface area contributed by atoms with Crippen LogP contribution in [0, 0.1) is 6.92 Å². The van der Waals surface area contributed by atoms with E-state index in [-0.39, 0.29) is 18.0 Å². The maximum Gasteiger partial charge on any atom is 0.249 e. The van der Waals surface area contributed by atoms with Crippen molar-refractivity contribution in [2.45, 2.75) is 38.0 Å². The van der Waals surface area contributed by atoms with Gasteiger partial charge in [0.2, 0.25) is 5.91 Å². The number of nitrogens with one attached hydrogen (secondary N) is 2. The number of carbonyl (C=O) groups is 1. The van der Waals surface area contributed by atoms with E-state index >= 15 is 0 Å². The number of amides is 1. The minimum atomic E-state index is -1.50. The Bertz CT molecular complexity index is 1270. The van der Waals surface area contributed by atoms with E-state index in [9.17, 15) is 15.0 Å². The maximum atomic E-state index is 11.6. The SMILES string of the molecule is Cc1cc(CNc2nc(-c3cn[nH]n3)nc3c2ncn3C2O[C@H](C(N)=O)[C@@H](O)[C@H]2O)on1. The molecule has 0 radical (unpaired) electrons. The number of nitrogens with zero attached hydrogens (tertiary/aromatic N) is 7. The number of imidazole rings is 1. The van der Waals surface area contributed by atoms with Crippen LogP contribution >= 0.6 is 0 Å². The van der Waals surface area contributed by atoms with Crippen molar-refractivity contribution < 1.29 is 24.3 Å². The summed E-state index contributed by atoms with van der Waals surface area (Å²) in [7, 11) is 0. The summed E-state index contributed by atoms with van der Waals surface area (Å²) in [6.45, 7) is 2.07. The second-order valence-electron chi connectivity index (χ2n) is 7.19. The molecular formula is C17H18N10O5. The van der Waals surface area contributed by atoms with E-state index in [2.05, 4.69) is 40.8 Å². The van der Waals surface area contributed by atoms with Crippen LogP contribution in [-0.4, -0.2) is 74.5 Å². The number of ether oxygens (including phenoxy) is 1. The number of aromatic nitrogens is 8. The Morgan fingerprint density at radius 3 is 2.84 bits per heavy atom. The Labute approximate surface area is 178 Å². The van der Waals surface area contributed by atoms with Crippen molar-refractivity contribution >= 4 is 22.9 Å². The number of aliphatic hydroxyl groups excluding tert-OH is 2. The van der Waals surface area contributed by atoms with Gasteiger partial charge in [0.15, 0.2) is 40.9 Å². The summed E-state index contributed by atoms with van der Waals surface area (Å²) in [5, 5.41) is 37.8. The Morgan fingerprint density at radius 1 is 1.34 bits per heavy atom. The van der Waals surface area contributed by atoms with E-state index in [4.69, 9.17) is 15.0 Å². The molecule has 15 nitrogen and oxygen atoms in total. The van der Waals surface area contributed by atoms with Gasteiger partial charge in [0.1, 0.15) is 17.9 Å². The molecule has 1 saturated heterocycles. The molecule has 0 spiro atoms. The molecule has 15 heteroatoms. The number of hydrogen-bond donors (Lipinski definition) is 5. The molecule has 4 aromatic rings. The van der Waals surface area contributed by atoms with Gasteiger partial charge in [-0.3, -0.25) is 9.36 Å². The quantitative estimate of drug-likeness (QED) is 0.233. The van der Waals surface area contributed by atoms with Gasteiger partial charge < -0.3 is 30.5 Å². The molecule has 5 rings (SSSR count). The standard InChI is InChI=1S/C17H18N10O5/c1-6-2-7(32-25-6)3-19-15-9-16(23-14(22-15)8-4-21-26-24-8)27(5-20-9)17-11(29)10(28)12(31-17)13(18)30/h2,4-5,10-12,17,28-29H,3H2,1H3,(H2,18,30)(H,19,22,23)(H,21,24,26)/t10-,11+,12-,17?/m0/s1. The number of aryl methyl sites for hydroxylation is 1. The molecule has 1 aliphatic rings. The Hall–Kier alpha value is -3.95. The zero-order chi connectivity index (χ0) is 22.4. The molecular weight excluding hydrogens is 424 g/mol. The predicted octanol–water partition coefficient (Wildman–Crippen LogP) is -1.38. The highest BCUT2D eigenvalue weighted by molar-refractivity contribution is 5.85. The number of fused-ring (bicyclic) bond motifs is 1. The molecule has 5 heterocycles. The van der Waals surface area contributed by atoms with Gasteiger partial charge in [-0.2, -0.15) is 15.4 Å². The summed E-state index contributed by atoms with van der Waals surface area (Å²) in [6, 6.07) is 1.77. The van der Waals surface area contributed by atoms with Crippen molar-refractivity contribution in [2.75, 3.05) is 5.32 Å². The number of carbonyl (C=O) groups excluding carboxylic acids is 1. The minimum Gasteiger partial charge on any atom is -0.387 e. The number of nitrogens with two attached hydrogens (primary N) is 1. The fraction of sp³-hybridized carbons (Fsp3) is 0.353. The first-order valence-electron chi connectivity index (χ1n) is 9.50. The molecule has 6 N–H and O–H groups in total. The molecule has 4 atom stereocenters. The van der Waals surface area contributed by atoms with E-state index in [0.29, 0.717) is 22.8 Å². The lowest BCUT2D eigenvalue weighted by Crippen LogP contribution is -2.39. The molecule has 166 valence electrons. The van der Waals surface area contributed by atoms with Crippen molar-refractivity contribution in [2.24, 2.45) is 5.73 Å². The second-order valence-corrected chi connectivity index (χ2v) is 7.19. The number of anilines is 1. The Morgan fingerprint density at radius 2 is 2.19 bits per heavy atom. The van der Waals surface area contributed by atoms with Gasteiger partial charge >= 0.3 is 0 Å². The fourth-order valence-corrected chi connectivity index (χ4v) is 3.44. The van der Waals surface area contributed by atoms with Crippen molar-refractivity contribution in [1.82, 2.24) is 40.1 Å². The summed E-state index contributed by atoms with van der Waals surface area (Å²) < 4.78 is 12.1. The Balaban J connectivity index is 1.57. The Kier molecular flexibility index (Phi) is 4.76. The van der Waals surface area contributed by atoms with Crippen LogP contribution < -0.4 is 11.1 Å². The number of primary amides is 1. The second kappa shape index (κ2) is 7.63. The van der Waals surface area contributed by atoms with E-state index in [1.807, 2.05) is 0 Å². The highest BCUT2D eigenvalue weighted by atomic mass is 16.6. The third kappa shape index (κ3) is 3.33. The van der Waals surface area contributed by atoms with Crippen LogP contribution in [0.3, 0.4) is 0 Å². The zero-order valence-corrected chi connectivity index (χ0v) is 16.6. The van der Waals surface area contributed by atoms with E-state index in [1.165, 1.54) is 17.1 Å². The van der Waals surface area contributed by atoms with Crippen LogP contribution in [0.2, 0.25) is 0 Å².